The van der Waals surface area contributed by atoms with E-state index in [1.54, 1.807) is 73.8 Å². The molecule has 3 heterocycles. The molecule has 6 rings (SSSR count). The van der Waals surface area contributed by atoms with Gasteiger partial charge in [-0.05, 0) is 66.2 Å². The number of H-pyrrole nitrogens is 1. The second kappa shape index (κ2) is 11.1. The number of anilines is 2. The first-order valence-electron chi connectivity index (χ1n) is 12.5. The minimum Gasteiger partial charge on any atom is -0.497 e. The first kappa shape index (κ1) is 27.1. The smallest absolute Gasteiger partial charge is 0.305 e. The Hall–Kier alpha value is -4.06. The highest BCUT2D eigenvalue weighted by atomic mass is 35.5. The lowest BCUT2D eigenvalue weighted by Gasteiger charge is -2.30. The van der Waals surface area contributed by atoms with Crippen LogP contribution in [0.3, 0.4) is 0 Å². The minimum atomic E-state index is -0.739. The van der Waals surface area contributed by atoms with Crippen molar-refractivity contribution < 1.29 is 23.9 Å². The molecule has 2 aliphatic heterocycles. The average molecular weight is 608 g/mol. The van der Waals surface area contributed by atoms with E-state index in [1.165, 1.54) is 16.7 Å². The summed E-state index contributed by atoms with van der Waals surface area (Å²) >= 11 is 8.14. The fraction of sp³-hybridized carbons (Fsp3) is 0.172. The van der Waals surface area contributed by atoms with Crippen LogP contribution in [0, 0.1) is 5.92 Å². The van der Waals surface area contributed by atoms with Crippen LogP contribution in [0.4, 0.5) is 11.4 Å². The molecule has 2 N–H and O–H groups in total. The minimum absolute atomic E-state index is 0.246. The average Bonchev–Trinajstić information content (AvgIpc) is 3.47. The third-order valence-corrected chi connectivity index (χ3v) is 9.52. The summed E-state index contributed by atoms with van der Waals surface area (Å²) in [6.07, 6.45) is 0. The van der Waals surface area contributed by atoms with Gasteiger partial charge in [0.05, 0.1) is 23.7 Å². The van der Waals surface area contributed by atoms with Crippen molar-refractivity contribution >= 4 is 63.8 Å². The Morgan fingerprint density at radius 2 is 1.76 bits per heavy atom. The number of aromatic amines is 1. The van der Waals surface area contributed by atoms with Gasteiger partial charge in [0.2, 0.25) is 11.8 Å². The maximum Gasteiger partial charge on any atom is 0.305 e. The number of amides is 3. The van der Waals surface area contributed by atoms with Crippen LogP contribution in [0.1, 0.15) is 16.4 Å². The summed E-state index contributed by atoms with van der Waals surface area (Å²) in [5.41, 5.74) is 1.74. The van der Waals surface area contributed by atoms with Gasteiger partial charge in [-0.2, -0.15) is 0 Å². The van der Waals surface area contributed by atoms with E-state index >= 15 is 0 Å². The summed E-state index contributed by atoms with van der Waals surface area (Å²) in [5.74, 6) is -1.33. The molecule has 3 unspecified atom stereocenters. The van der Waals surface area contributed by atoms with E-state index in [4.69, 9.17) is 21.1 Å². The zero-order valence-electron chi connectivity index (χ0n) is 21.5. The van der Waals surface area contributed by atoms with Crippen molar-refractivity contribution in [2.45, 2.75) is 16.2 Å². The van der Waals surface area contributed by atoms with Gasteiger partial charge in [0.15, 0.2) is 6.61 Å². The van der Waals surface area contributed by atoms with Crippen LogP contribution < -0.4 is 24.6 Å². The standard InChI is InChI=1S/C29H22ClN3O6S2/c1-38-19-11-9-18(10-12-19)33-27(35)23-22(24-26(32-29(37)41-24)40-25(23)28(33)36)15-3-2-4-20(13-15)39-14-21(34)31-17-7-5-16(30)6-8-17/h2-13,22-23,25H,14H2,1H3,(H,31,34)(H,32,37). The number of thiazole rings is 1. The van der Waals surface area contributed by atoms with Crippen LogP contribution >= 0.6 is 34.7 Å². The number of fused-ring (bicyclic) bond motifs is 2. The van der Waals surface area contributed by atoms with Gasteiger partial charge >= 0.3 is 4.87 Å². The van der Waals surface area contributed by atoms with Crippen molar-refractivity contribution in [3.8, 4) is 11.5 Å². The molecule has 2 aliphatic rings. The maximum atomic E-state index is 13.9. The van der Waals surface area contributed by atoms with Gasteiger partial charge in [0.25, 0.3) is 5.91 Å². The molecule has 3 atom stereocenters. The lowest BCUT2D eigenvalue weighted by atomic mass is 9.83. The van der Waals surface area contributed by atoms with Crippen LogP contribution in [0.25, 0.3) is 0 Å². The fourth-order valence-corrected chi connectivity index (χ4v) is 7.68. The number of ether oxygens (including phenoxy) is 2. The molecule has 0 spiro atoms. The molecule has 4 aromatic rings. The summed E-state index contributed by atoms with van der Waals surface area (Å²) in [6.45, 7) is -0.246. The number of nitrogens with zero attached hydrogens (tertiary/aromatic N) is 1. The highest BCUT2D eigenvalue weighted by Gasteiger charge is 2.56. The molecule has 3 aromatic carbocycles. The molecule has 1 saturated heterocycles. The Bertz CT molecular complexity index is 1700. The van der Waals surface area contributed by atoms with E-state index in [1.807, 2.05) is 6.07 Å². The van der Waals surface area contributed by atoms with Gasteiger partial charge in [-0.1, -0.05) is 46.8 Å². The number of halogens is 1. The van der Waals surface area contributed by atoms with Crippen LogP contribution in [0.5, 0.6) is 11.5 Å². The molecule has 1 fully saturated rings. The lowest BCUT2D eigenvalue weighted by molar-refractivity contribution is -0.122. The summed E-state index contributed by atoms with van der Waals surface area (Å²) in [7, 11) is 1.54. The van der Waals surface area contributed by atoms with E-state index in [0.29, 0.717) is 43.4 Å². The third kappa shape index (κ3) is 5.23. The highest BCUT2D eigenvalue weighted by Crippen LogP contribution is 2.53. The normalized spacial score (nSPS) is 19.5. The van der Waals surface area contributed by atoms with Gasteiger partial charge in [-0.25, -0.2) is 4.90 Å². The predicted molar refractivity (Wildman–Crippen MR) is 157 cm³/mol. The molecule has 0 radical (unpaired) electrons. The van der Waals surface area contributed by atoms with Crippen molar-refractivity contribution in [2.75, 3.05) is 23.9 Å². The van der Waals surface area contributed by atoms with E-state index in [9.17, 15) is 19.2 Å². The zero-order chi connectivity index (χ0) is 28.7. The number of carbonyl (C=O) groups excluding carboxylic acids is 3. The molecule has 0 bridgehead atoms. The summed E-state index contributed by atoms with van der Waals surface area (Å²) < 4.78 is 11.0. The predicted octanol–water partition coefficient (Wildman–Crippen LogP) is 4.91. The number of hydrogen-bond donors (Lipinski definition) is 2. The number of hydrogen-bond acceptors (Lipinski definition) is 8. The second-order valence-corrected chi connectivity index (χ2v) is 12.0. The Labute approximate surface area is 247 Å². The Kier molecular flexibility index (Phi) is 7.33. The quantitative estimate of drug-likeness (QED) is 0.287. The Morgan fingerprint density at radius 3 is 2.49 bits per heavy atom. The largest absolute Gasteiger partial charge is 0.497 e. The van der Waals surface area contributed by atoms with Crippen LogP contribution in [-0.4, -0.2) is 41.7 Å². The topological polar surface area (TPSA) is 118 Å². The molecule has 0 saturated carbocycles. The van der Waals surface area contributed by atoms with Crippen LogP contribution in [-0.2, 0) is 14.4 Å². The van der Waals surface area contributed by atoms with E-state index in [-0.39, 0.29) is 29.2 Å². The molecule has 9 nitrogen and oxygen atoms in total. The van der Waals surface area contributed by atoms with Crippen molar-refractivity contribution in [2.24, 2.45) is 5.92 Å². The number of benzene rings is 3. The number of methoxy groups -OCH3 is 1. The molecule has 1 aromatic heterocycles. The lowest BCUT2D eigenvalue weighted by Crippen LogP contribution is -2.32. The van der Waals surface area contributed by atoms with Crippen molar-refractivity contribution in [1.29, 1.82) is 0 Å². The highest BCUT2D eigenvalue weighted by molar-refractivity contribution is 8.00. The summed E-state index contributed by atoms with van der Waals surface area (Å²) in [4.78, 5) is 56.8. The summed E-state index contributed by atoms with van der Waals surface area (Å²) in [5, 5.41) is 3.16. The van der Waals surface area contributed by atoms with E-state index < -0.39 is 17.1 Å². The van der Waals surface area contributed by atoms with Gasteiger partial charge in [-0.3, -0.25) is 19.2 Å². The third-order valence-electron chi connectivity index (χ3n) is 6.87. The van der Waals surface area contributed by atoms with Gasteiger partial charge < -0.3 is 19.8 Å². The molecule has 3 amide bonds. The van der Waals surface area contributed by atoms with E-state index in [0.717, 1.165) is 11.3 Å². The molecule has 0 aliphatic carbocycles. The maximum absolute atomic E-state index is 13.9. The van der Waals surface area contributed by atoms with Gasteiger partial charge in [0, 0.05) is 21.5 Å². The number of nitrogens with one attached hydrogen (secondary N) is 2. The Morgan fingerprint density at radius 1 is 1.00 bits per heavy atom. The first-order chi connectivity index (χ1) is 19.8. The van der Waals surface area contributed by atoms with E-state index in [2.05, 4.69) is 10.3 Å². The number of thioether (sulfide) groups is 1. The number of carbonyl (C=O) groups is 3. The SMILES string of the molecule is COc1ccc(N2C(=O)C3Sc4[nH]c(=O)sc4C(c4cccc(OCC(=O)Nc5ccc(Cl)cc5)c4)C3C2=O)cc1. The van der Waals surface area contributed by atoms with Crippen molar-refractivity contribution in [1.82, 2.24) is 4.98 Å². The molecule has 12 heteroatoms. The van der Waals surface area contributed by atoms with Crippen LogP contribution in [0.15, 0.2) is 82.6 Å². The number of imide groups is 1. The van der Waals surface area contributed by atoms with Crippen molar-refractivity contribution in [3.05, 3.63) is 97.9 Å². The zero-order valence-corrected chi connectivity index (χ0v) is 23.8. The summed E-state index contributed by atoms with van der Waals surface area (Å²) in [6, 6.07) is 20.5. The van der Waals surface area contributed by atoms with Crippen molar-refractivity contribution in [3.63, 3.8) is 0 Å². The first-order valence-corrected chi connectivity index (χ1v) is 14.6. The monoisotopic (exact) mass is 607 g/mol. The number of aromatic nitrogens is 1. The van der Waals surface area contributed by atoms with Gasteiger partial charge in [-0.15, -0.1) is 0 Å². The molecule has 41 heavy (non-hydrogen) atoms. The van der Waals surface area contributed by atoms with Gasteiger partial charge in [0.1, 0.15) is 16.7 Å². The molecular weight excluding hydrogens is 586 g/mol. The molecule has 208 valence electrons. The Balaban J connectivity index is 1.28. The van der Waals surface area contributed by atoms with Crippen LogP contribution in [0.2, 0.25) is 5.02 Å². The fourth-order valence-electron chi connectivity index (χ4n) is 5.04. The number of rotatable bonds is 7. The molecular formula is C29H22ClN3O6S2. The second-order valence-electron chi connectivity index (χ2n) is 9.38.